The van der Waals surface area contributed by atoms with E-state index in [4.69, 9.17) is 4.42 Å². The first kappa shape index (κ1) is 30.6. The predicted molar refractivity (Wildman–Crippen MR) is 214 cm³/mol. The molecular weight excluding hydrogens is 621 g/mol. The molecular formula is C48H36N2O. The minimum absolute atomic E-state index is 0.698. The predicted octanol–water partition coefficient (Wildman–Crippen LogP) is 12.3. The summed E-state index contributed by atoms with van der Waals surface area (Å²) in [7, 11) is 0. The van der Waals surface area contributed by atoms with E-state index in [0.717, 1.165) is 55.5 Å². The summed E-state index contributed by atoms with van der Waals surface area (Å²) >= 11 is 0. The number of benzene rings is 8. The lowest BCUT2D eigenvalue weighted by Crippen LogP contribution is -2.48. The first-order chi connectivity index (χ1) is 25.1. The second-order valence-electron chi connectivity index (χ2n) is 13.3. The third kappa shape index (κ3) is 5.36. The second-order valence-corrected chi connectivity index (χ2v) is 13.3. The number of fused-ring (bicyclic) bond motifs is 5. The van der Waals surface area contributed by atoms with Gasteiger partial charge in [-0.15, -0.1) is 0 Å². The standard InChI is InChI=1S/C48H36N2O/c1-32(33-23-25-37(26-24-33)41-21-12-18-35-16-8-9-19-40(35)41)49-50-48(2,39-28-27-34-13-6-7-17-38(34)31-39)44-30-29-42(36-14-4-3-5-15-36)47-46(44)43-20-10-11-22-45(43)51-47/h3-31,49-50H,1H2,2H3. The van der Waals surface area contributed by atoms with Gasteiger partial charge in [0.2, 0.25) is 0 Å². The van der Waals surface area contributed by atoms with Crippen molar-refractivity contribution in [3.63, 3.8) is 0 Å². The average molecular weight is 657 g/mol. The highest BCUT2D eigenvalue weighted by Gasteiger charge is 2.33. The molecule has 9 aromatic rings. The van der Waals surface area contributed by atoms with Crippen LogP contribution in [-0.4, -0.2) is 0 Å². The van der Waals surface area contributed by atoms with E-state index in [-0.39, 0.29) is 0 Å². The molecule has 0 aliphatic carbocycles. The van der Waals surface area contributed by atoms with Crippen LogP contribution in [-0.2, 0) is 5.54 Å². The van der Waals surface area contributed by atoms with E-state index >= 15 is 0 Å². The molecule has 1 unspecified atom stereocenters. The van der Waals surface area contributed by atoms with E-state index in [1.165, 1.54) is 32.7 Å². The van der Waals surface area contributed by atoms with Gasteiger partial charge >= 0.3 is 0 Å². The lowest BCUT2D eigenvalue weighted by molar-refractivity contribution is 0.412. The van der Waals surface area contributed by atoms with E-state index in [1.54, 1.807) is 0 Å². The van der Waals surface area contributed by atoms with Crippen molar-refractivity contribution in [2.75, 3.05) is 0 Å². The van der Waals surface area contributed by atoms with Gasteiger partial charge in [0, 0.05) is 22.0 Å². The number of nitrogens with one attached hydrogen (secondary N) is 2. The summed E-state index contributed by atoms with van der Waals surface area (Å²) in [5.41, 5.74) is 16.9. The zero-order valence-electron chi connectivity index (χ0n) is 28.4. The van der Waals surface area contributed by atoms with Crippen LogP contribution in [0.4, 0.5) is 0 Å². The molecule has 3 nitrogen and oxygen atoms in total. The Morgan fingerprint density at radius 1 is 0.549 bits per heavy atom. The molecule has 0 saturated carbocycles. The summed E-state index contributed by atoms with van der Waals surface area (Å²) < 4.78 is 6.68. The fraction of sp³-hybridized carbons (Fsp3) is 0.0417. The van der Waals surface area contributed by atoms with Crippen LogP contribution in [0.3, 0.4) is 0 Å². The summed E-state index contributed by atoms with van der Waals surface area (Å²) in [6.07, 6.45) is 0. The molecule has 0 aliphatic rings. The van der Waals surface area contributed by atoms with Gasteiger partial charge in [-0.25, -0.2) is 5.43 Å². The molecule has 1 atom stereocenters. The van der Waals surface area contributed by atoms with Gasteiger partial charge in [0.15, 0.2) is 0 Å². The molecule has 0 aliphatic heterocycles. The van der Waals surface area contributed by atoms with Gasteiger partial charge in [-0.1, -0.05) is 170 Å². The van der Waals surface area contributed by atoms with Gasteiger partial charge in [-0.3, -0.25) is 0 Å². The van der Waals surface area contributed by atoms with Crippen LogP contribution < -0.4 is 10.9 Å². The summed E-state index contributed by atoms with van der Waals surface area (Å²) in [6.45, 7) is 6.72. The summed E-state index contributed by atoms with van der Waals surface area (Å²) in [5.74, 6) is 0. The van der Waals surface area contributed by atoms with Gasteiger partial charge in [-0.2, -0.15) is 0 Å². The lowest BCUT2D eigenvalue weighted by Gasteiger charge is -2.34. The maximum absolute atomic E-state index is 6.68. The maximum Gasteiger partial charge on any atom is 0.143 e. The minimum atomic E-state index is -0.698. The first-order valence-electron chi connectivity index (χ1n) is 17.4. The van der Waals surface area contributed by atoms with Crippen LogP contribution in [0.5, 0.6) is 0 Å². The van der Waals surface area contributed by atoms with Crippen molar-refractivity contribution < 1.29 is 4.42 Å². The summed E-state index contributed by atoms with van der Waals surface area (Å²) in [6, 6.07) is 62.1. The molecule has 244 valence electrons. The van der Waals surface area contributed by atoms with E-state index in [0.29, 0.717) is 0 Å². The first-order valence-corrected chi connectivity index (χ1v) is 17.4. The second kappa shape index (κ2) is 12.5. The van der Waals surface area contributed by atoms with Crippen LogP contribution in [0.2, 0.25) is 0 Å². The van der Waals surface area contributed by atoms with Gasteiger partial charge < -0.3 is 9.84 Å². The average Bonchev–Trinajstić information content (AvgIpc) is 3.59. The number of hydrazine groups is 1. The van der Waals surface area contributed by atoms with Crippen molar-refractivity contribution in [1.29, 1.82) is 0 Å². The van der Waals surface area contributed by atoms with Gasteiger partial charge in [0.05, 0.1) is 5.54 Å². The molecule has 9 rings (SSSR count). The van der Waals surface area contributed by atoms with Crippen molar-refractivity contribution in [2.45, 2.75) is 12.5 Å². The Labute approximate surface area is 297 Å². The quantitative estimate of drug-likeness (QED) is 0.160. The van der Waals surface area contributed by atoms with Crippen LogP contribution in [0, 0.1) is 0 Å². The number of furan rings is 1. The molecule has 0 amide bonds. The zero-order chi connectivity index (χ0) is 34.4. The maximum atomic E-state index is 6.68. The Morgan fingerprint density at radius 3 is 2.04 bits per heavy atom. The smallest absolute Gasteiger partial charge is 0.143 e. The van der Waals surface area contributed by atoms with E-state index in [9.17, 15) is 0 Å². The number of rotatable bonds is 8. The van der Waals surface area contributed by atoms with Crippen molar-refractivity contribution in [2.24, 2.45) is 0 Å². The van der Waals surface area contributed by atoms with Crippen molar-refractivity contribution in [3.8, 4) is 22.3 Å². The molecule has 0 saturated heterocycles. The Bertz CT molecular complexity index is 2720. The van der Waals surface area contributed by atoms with Crippen molar-refractivity contribution in [3.05, 3.63) is 199 Å². The molecule has 8 aromatic carbocycles. The van der Waals surface area contributed by atoms with E-state index < -0.39 is 5.54 Å². The molecule has 0 bridgehead atoms. The SMILES string of the molecule is C=C(NNC(C)(c1ccc2ccccc2c1)c1ccc(-c2ccccc2)c2oc3ccccc3c12)c1ccc(-c2cccc3ccccc23)cc1. The lowest BCUT2D eigenvalue weighted by atomic mass is 9.81. The molecule has 0 spiro atoms. The van der Waals surface area contributed by atoms with E-state index in [2.05, 4.69) is 188 Å². The van der Waals surface area contributed by atoms with Gasteiger partial charge in [0.1, 0.15) is 11.2 Å². The number of hydrogen-bond acceptors (Lipinski definition) is 3. The Kier molecular flexibility index (Phi) is 7.49. The Morgan fingerprint density at radius 2 is 1.22 bits per heavy atom. The third-order valence-corrected chi connectivity index (χ3v) is 10.3. The molecule has 3 heteroatoms. The van der Waals surface area contributed by atoms with Crippen molar-refractivity contribution in [1.82, 2.24) is 10.9 Å². The Balaban J connectivity index is 1.14. The fourth-order valence-corrected chi connectivity index (χ4v) is 7.49. The van der Waals surface area contributed by atoms with Crippen LogP contribution >= 0.6 is 0 Å². The summed E-state index contributed by atoms with van der Waals surface area (Å²) in [4.78, 5) is 0. The van der Waals surface area contributed by atoms with E-state index in [1.807, 2.05) is 12.1 Å². The largest absolute Gasteiger partial charge is 0.455 e. The van der Waals surface area contributed by atoms with Crippen molar-refractivity contribution >= 4 is 49.2 Å². The Hall–Kier alpha value is -6.42. The molecule has 1 heterocycles. The number of para-hydroxylation sites is 1. The molecule has 0 fully saturated rings. The van der Waals surface area contributed by atoms with Crippen LogP contribution in [0.25, 0.3) is 71.4 Å². The molecule has 51 heavy (non-hydrogen) atoms. The fourth-order valence-electron chi connectivity index (χ4n) is 7.49. The summed E-state index contributed by atoms with van der Waals surface area (Å²) in [5, 5.41) is 7.03. The van der Waals surface area contributed by atoms with Crippen LogP contribution in [0.15, 0.2) is 187 Å². The monoisotopic (exact) mass is 656 g/mol. The molecule has 2 N–H and O–H groups in total. The normalized spacial score (nSPS) is 12.7. The number of hydrogen-bond donors (Lipinski definition) is 2. The molecule has 1 aromatic heterocycles. The zero-order valence-corrected chi connectivity index (χ0v) is 28.4. The topological polar surface area (TPSA) is 37.2 Å². The van der Waals surface area contributed by atoms with Crippen LogP contribution in [0.1, 0.15) is 23.6 Å². The molecule has 0 radical (unpaired) electrons. The highest BCUT2D eigenvalue weighted by molar-refractivity contribution is 6.12. The van der Waals surface area contributed by atoms with Gasteiger partial charge in [0.25, 0.3) is 0 Å². The van der Waals surface area contributed by atoms with Gasteiger partial charge in [-0.05, 0) is 74.0 Å². The highest BCUT2D eigenvalue weighted by atomic mass is 16.3. The third-order valence-electron chi connectivity index (χ3n) is 10.3. The highest BCUT2D eigenvalue weighted by Crippen LogP contribution is 2.43. The minimum Gasteiger partial charge on any atom is -0.455 e.